The molecule has 6 heterocycles. The number of carbonyl (C=O) groups excluding carboxylic acids is 3. The van der Waals surface area contributed by atoms with Gasteiger partial charge in [-0.1, -0.05) is 62.4 Å². The highest BCUT2D eigenvalue weighted by Crippen LogP contribution is 2.44. The molecule has 8 aromatic rings. The number of nitrogens with one attached hydrogen (secondary N) is 3. The van der Waals surface area contributed by atoms with Gasteiger partial charge in [0.1, 0.15) is 18.2 Å². The van der Waals surface area contributed by atoms with Gasteiger partial charge in [-0.25, -0.2) is 41.4 Å². The zero-order valence-electron chi connectivity index (χ0n) is 39.9. The van der Waals surface area contributed by atoms with Crippen LogP contribution in [0.4, 0.5) is 22.4 Å². The van der Waals surface area contributed by atoms with Crippen LogP contribution in [0.15, 0.2) is 110 Å². The number of thiophene rings is 2. The van der Waals surface area contributed by atoms with Crippen LogP contribution in [0.2, 0.25) is 0 Å². The molecule has 2 saturated carbocycles. The summed E-state index contributed by atoms with van der Waals surface area (Å²) in [6.07, 6.45) is 6.63. The number of ether oxygens (including phenoxy) is 1. The Kier molecular flexibility index (Phi) is 13.9. The highest BCUT2D eigenvalue weighted by atomic mass is 32.1. The van der Waals surface area contributed by atoms with E-state index < -0.39 is 60.4 Å². The quantitative estimate of drug-likeness (QED) is 0.0917. The van der Waals surface area contributed by atoms with Crippen molar-refractivity contribution in [2.75, 3.05) is 6.54 Å². The van der Waals surface area contributed by atoms with Gasteiger partial charge >= 0.3 is 6.09 Å². The van der Waals surface area contributed by atoms with Crippen LogP contribution in [-0.4, -0.2) is 89.7 Å². The van der Waals surface area contributed by atoms with Gasteiger partial charge in [0.05, 0.1) is 33.5 Å². The van der Waals surface area contributed by atoms with Crippen LogP contribution in [0, 0.1) is 0 Å². The fourth-order valence-corrected chi connectivity index (χ4v) is 12.2. The zero-order chi connectivity index (χ0) is 51.0. The van der Waals surface area contributed by atoms with E-state index in [1.165, 1.54) is 22.7 Å². The molecule has 0 aliphatic heterocycles. The average Bonchev–Trinajstić information content (AvgIpc) is 4.24. The lowest BCUT2D eigenvalue weighted by atomic mass is 9.87. The number of amides is 3. The first kappa shape index (κ1) is 49.5. The highest BCUT2D eigenvalue weighted by molar-refractivity contribution is 7.14. The topological polar surface area (TPSA) is 183 Å². The molecule has 378 valence electrons. The summed E-state index contributed by atoms with van der Waals surface area (Å²) in [7, 11) is 0. The lowest BCUT2D eigenvalue weighted by Gasteiger charge is -2.37. The Morgan fingerprint density at radius 2 is 1.18 bits per heavy atom. The first-order chi connectivity index (χ1) is 35.2. The largest absolute Gasteiger partial charge is 0.444 e. The van der Waals surface area contributed by atoms with E-state index in [2.05, 4.69) is 48.2 Å². The Labute approximate surface area is 425 Å². The summed E-state index contributed by atoms with van der Waals surface area (Å²) >= 11 is 2.54. The van der Waals surface area contributed by atoms with Crippen molar-refractivity contribution in [2.24, 2.45) is 5.73 Å². The Balaban J connectivity index is 0.000000187. The van der Waals surface area contributed by atoms with Gasteiger partial charge in [0.2, 0.25) is 0 Å². The fourth-order valence-electron chi connectivity index (χ4n) is 10.2. The first-order valence-corrected chi connectivity index (χ1v) is 26.0. The van der Waals surface area contributed by atoms with E-state index in [0.717, 1.165) is 48.8 Å². The average molecular weight is 1030 g/mol. The number of alkyl carbamates (subject to hydrolysis) is 1. The van der Waals surface area contributed by atoms with Crippen LogP contribution < -0.4 is 21.7 Å². The predicted molar refractivity (Wildman–Crippen MR) is 271 cm³/mol. The minimum Gasteiger partial charge on any atom is -0.444 e. The molecular formula is C53H52F4N10O4S2. The Morgan fingerprint density at radius 3 is 1.70 bits per heavy atom. The molecule has 3 aliphatic rings. The Bertz CT molecular complexity index is 3290. The van der Waals surface area contributed by atoms with E-state index in [1.54, 1.807) is 58.1 Å². The maximum Gasteiger partial charge on any atom is 0.407 e. The number of benzene rings is 2. The lowest BCUT2D eigenvalue weighted by molar-refractivity contribution is -0.106. The van der Waals surface area contributed by atoms with Gasteiger partial charge in [-0.3, -0.25) is 9.59 Å². The number of fused-ring (bicyclic) bond motifs is 5. The number of nitrogens with zero attached hydrogens (tertiary/aromatic N) is 6. The van der Waals surface area contributed by atoms with Crippen LogP contribution >= 0.6 is 22.7 Å². The first-order valence-electron chi connectivity index (χ1n) is 24.3. The predicted octanol–water partition coefficient (Wildman–Crippen LogP) is 10.1. The van der Waals surface area contributed by atoms with E-state index in [4.69, 9.17) is 10.5 Å². The summed E-state index contributed by atoms with van der Waals surface area (Å²) in [6.45, 7) is 4.20. The number of rotatable bonds is 11. The molecule has 3 amide bonds. The molecule has 14 nitrogen and oxygen atoms in total. The van der Waals surface area contributed by atoms with Gasteiger partial charge in [0.25, 0.3) is 23.7 Å². The SMILES string of the molecule is CCc1sc(C(=O)N[C@@H]2[C@@H](N)CCCC2(F)F)cc1-c1cnc2cccnn12.CCc1sc(C(=O)N[C@@H]2[C@@H](OC(=O)NCC3c4ccccc4-c4ccccc43)CCCC2(F)F)cc1-c1cnc2cccnn12. The minimum absolute atomic E-state index is 0.0860. The van der Waals surface area contributed by atoms with Crippen LogP contribution in [-0.2, 0) is 17.6 Å². The van der Waals surface area contributed by atoms with Crippen molar-refractivity contribution < 1.29 is 36.7 Å². The van der Waals surface area contributed by atoms with Gasteiger partial charge in [-0.15, -0.1) is 22.7 Å². The lowest BCUT2D eigenvalue weighted by Crippen LogP contribution is -2.59. The normalized spacial score (nSPS) is 19.9. The third-order valence-electron chi connectivity index (χ3n) is 13.8. The number of nitrogens with two attached hydrogens (primary N) is 1. The molecule has 0 spiro atoms. The standard InChI is InChI=1S/C34H31F2N5O3S.C19H21F2N5OS/c1-2-28-24(26-19-37-30-14-8-16-39-41(26)30)17-29(45-28)32(42)40-31-27(13-7-15-34(31,35)36)44-33(43)38-18-25-22-11-5-3-9-20(22)21-10-4-6-12-23(21)25;1-2-14-11(13-10-23-16-6-4-8-24-26(13)16)9-15(28-14)18(27)25-17-12(22)5-3-7-19(17,20)21/h3-6,8-12,14,16-17,19,25,27,31H,2,7,13,15,18H2,1H3,(H,38,43)(H,40,42);4,6,8-10,12,17H,2-3,5,7,22H2,1H3,(H,25,27)/t27-,31+;12-,17+/m00/s1. The van der Waals surface area contributed by atoms with Gasteiger partial charge in [0.15, 0.2) is 11.3 Å². The van der Waals surface area contributed by atoms with Crippen LogP contribution in [0.25, 0.3) is 44.9 Å². The van der Waals surface area contributed by atoms with Gasteiger partial charge in [-0.2, -0.15) is 10.2 Å². The second kappa shape index (κ2) is 20.5. The summed E-state index contributed by atoms with van der Waals surface area (Å²) in [6, 6.07) is 23.0. The summed E-state index contributed by atoms with van der Waals surface area (Å²) in [4.78, 5) is 50.5. The number of aromatic nitrogens is 6. The van der Waals surface area contributed by atoms with Crippen molar-refractivity contribution in [1.82, 2.24) is 45.1 Å². The summed E-state index contributed by atoms with van der Waals surface area (Å²) < 4.78 is 68.1. The van der Waals surface area contributed by atoms with Gasteiger partial charge < -0.3 is 26.4 Å². The molecule has 20 heteroatoms. The monoisotopic (exact) mass is 1030 g/mol. The van der Waals surface area contributed by atoms with Crippen molar-refractivity contribution in [3.05, 3.63) is 140 Å². The molecule has 4 atom stereocenters. The number of carbonyl (C=O) groups is 3. The molecule has 0 radical (unpaired) electrons. The van der Waals surface area contributed by atoms with E-state index in [0.29, 0.717) is 47.5 Å². The fraction of sp³-hybridized carbons (Fsp3) is 0.340. The molecule has 6 aromatic heterocycles. The smallest absolute Gasteiger partial charge is 0.407 e. The van der Waals surface area contributed by atoms with Crippen LogP contribution in [0.1, 0.15) is 98.5 Å². The maximum absolute atomic E-state index is 15.3. The number of imidazole rings is 2. The van der Waals surface area contributed by atoms with Crippen LogP contribution in [0.5, 0.6) is 0 Å². The summed E-state index contributed by atoms with van der Waals surface area (Å²) in [5, 5.41) is 16.5. The van der Waals surface area contributed by atoms with Crippen molar-refractivity contribution >= 4 is 51.9 Å². The summed E-state index contributed by atoms with van der Waals surface area (Å²) in [5.41, 5.74) is 14.7. The maximum atomic E-state index is 15.3. The van der Waals surface area contributed by atoms with E-state index in [9.17, 15) is 23.2 Å². The molecule has 2 aromatic carbocycles. The van der Waals surface area contributed by atoms with Crippen molar-refractivity contribution in [1.29, 1.82) is 0 Å². The molecule has 0 saturated heterocycles. The number of aryl methyl sites for hydroxylation is 2. The molecular weight excluding hydrogens is 981 g/mol. The number of alkyl halides is 4. The van der Waals surface area contributed by atoms with Crippen molar-refractivity contribution in [2.45, 2.75) is 107 Å². The van der Waals surface area contributed by atoms with Gasteiger partial charge in [-0.05, 0) is 97.2 Å². The molecule has 3 aliphatic carbocycles. The number of hydrogen-bond donors (Lipinski definition) is 4. The molecule has 2 fully saturated rings. The molecule has 0 bridgehead atoms. The number of halogens is 4. The zero-order valence-corrected chi connectivity index (χ0v) is 41.5. The second-order valence-corrected chi connectivity index (χ2v) is 20.7. The van der Waals surface area contributed by atoms with Crippen LogP contribution in [0.3, 0.4) is 0 Å². The third-order valence-corrected chi connectivity index (χ3v) is 16.4. The number of hydrogen-bond acceptors (Lipinski definition) is 11. The Morgan fingerprint density at radius 1 is 0.685 bits per heavy atom. The van der Waals surface area contributed by atoms with E-state index >= 15 is 8.78 Å². The highest BCUT2D eigenvalue weighted by Gasteiger charge is 2.50. The molecule has 0 unspecified atom stereocenters. The minimum atomic E-state index is -3.25. The van der Waals surface area contributed by atoms with Gasteiger partial charge in [0, 0.05) is 64.6 Å². The van der Waals surface area contributed by atoms with E-state index in [-0.39, 0.29) is 36.6 Å². The molecule has 11 rings (SSSR count). The van der Waals surface area contributed by atoms with E-state index in [1.807, 2.05) is 62.4 Å². The molecule has 5 N–H and O–H groups in total. The second-order valence-electron chi connectivity index (χ2n) is 18.4. The van der Waals surface area contributed by atoms with Crippen molar-refractivity contribution in [3.8, 4) is 33.6 Å². The Hall–Kier alpha value is -7.03. The summed E-state index contributed by atoms with van der Waals surface area (Å²) in [5.74, 6) is -7.48. The molecule has 73 heavy (non-hydrogen) atoms. The van der Waals surface area contributed by atoms with Crippen molar-refractivity contribution in [3.63, 3.8) is 0 Å². The third kappa shape index (κ3) is 9.82.